The van der Waals surface area contributed by atoms with Gasteiger partial charge < -0.3 is 19.9 Å². The number of ether oxygens (including phenoxy) is 1. The van der Waals surface area contributed by atoms with E-state index >= 15 is 0 Å². The van der Waals surface area contributed by atoms with Crippen LogP contribution in [-0.4, -0.2) is 75.3 Å². The lowest BCUT2D eigenvalue weighted by molar-refractivity contribution is 0.181. The maximum atomic E-state index is 5.46. The van der Waals surface area contributed by atoms with Gasteiger partial charge in [-0.05, 0) is 45.8 Å². The molecule has 1 rings (SSSR count). The monoisotopic (exact) mass is 312 g/mol. The summed E-state index contributed by atoms with van der Waals surface area (Å²) in [5.74, 6) is 1.69. The Labute approximate surface area is 137 Å². The van der Waals surface area contributed by atoms with E-state index in [4.69, 9.17) is 9.73 Å². The molecule has 0 aromatic carbocycles. The van der Waals surface area contributed by atoms with Gasteiger partial charge in [-0.25, -0.2) is 0 Å². The largest absolute Gasteiger partial charge is 0.381 e. The van der Waals surface area contributed by atoms with Crippen molar-refractivity contribution in [3.05, 3.63) is 0 Å². The van der Waals surface area contributed by atoms with Crippen LogP contribution in [-0.2, 0) is 4.74 Å². The highest BCUT2D eigenvalue weighted by Gasteiger charge is 2.18. The highest BCUT2D eigenvalue weighted by atomic mass is 16.5. The summed E-state index contributed by atoms with van der Waals surface area (Å²) in [5, 5.41) is 3.40. The first-order chi connectivity index (χ1) is 10.7. The molecular weight excluding hydrogens is 276 g/mol. The van der Waals surface area contributed by atoms with Gasteiger partial charge in [0.1, 0.15) is 0 Å². The first-order valence-electron chi connectivity index (χ1n) is 9.00. The van der Waals surface area contributed by atoms with Crippen molar-refractivity contribution in [1.82, 2.24) is 15.1 Å². The van der Waals surface area contributed by atoms with Gasteiger partial charge in [0.25, 0.3) is 0 Å². The Morgan fingerprint density at radius 3 is 2.59 bits per heavy atom. The Hall–Kier alpha value is -0.810. The van der Waals surface area contributed by atoms with E-state index in [1.807, 2.05) is 0 Å². The minimum atomic E-state index is 0.650. The first-order valence-corrected chi connectivity index (χ1v) is 9.00. The number of hydrogen-bond donors (Lipinski definition) is 1. The van der Waals surface area contributed by atoms with Crippen molar-refractivity contribution >= 4 is 5.96 Å². The zero-order valence-electron chi connectivity index (χ0n) is 15.1. The first kappa shape index (κ1) is 19.2. The highest BCUT2D eigenvalue weighted by molar-refractivity contribution is 5.79. The minimum Gasteiger partial charge on any atom is -0.381 e. The van der Waals surface area contributed by atoms with Gasteiger partial charge in [0, 0.05) is 39.2 Å². The number of unbranched alkanes of at least 4 members (excludes halogenated alkanes) is 1. The summed E-state index contributed by atoms with van der Waals surface area (Å²) < 4.78 is 5.46. The molecule has 0 saturated carbocycles. The van der Waals surface area contributed by atoms with Crippen LogP contribution in [0.5, 0.6) is 0 Å². The lowest BCUT2D eigenvalue weighted by Crippen LogP contribution is -2.41. The average molecular weight is 313 g/mol. The van der Waals surface area contributed by atoms with Gasteiger partial charge in [0.2, 0.25) is 0 Å². The molecule has 130 valence electrons. The quantitative estimate of drug-likeness (QED) is 0.381. The van der Waals surface area contributed by atoms with Gasteiger partial charge in [-0.3, -0.25) is 4.99 Å². The summed E-state index contributed by atoms with van der Waals surface area (Å²) in [6.07, 6.45) is 3.56. The average Bonchev–Trinajstić information content (AvgIpc) is 3.02. The molecule has 0 aromatic rings. The van der Waals surface area contributed by atoms with Crippen molar-refractivity contribution in [3.63, 3.8) is 0 Å². The van der Waals surface area contributed by atoms with Crippen LogP contribution >= 0.6 is 0 Å². The molecular formula is C17H36N4O. The summed E-state index contributed by atoms with van der Waals surface area (Å²) in [4.78, 5) is 9.51. The minimum absolute atomic E-state index is 0.650. The maximum Gasteiger partial charge on any atom is 0.193 e. The number of nitrogens with zero attached hydrogens (tertiary/aromatic N) is 3. The molecule has 1 unspecified atom stereocenters. The summed E-state index contributed by atoms with van der Waals surface area (Å²) in [6.45, 7) is 14.7. The Morgan fingerprint density at radius 1 is 1.23 bits per heavy atom. The summed E-state index contributed by atoms with van der Waals surface area (Å²) in [7, 11) is 2.13. The van der Waals surface area contributed by atoms with Crippen LogP contribution in [0.1, 0.15) is 40.0 Å². The summed E-state index contributed by atoms with van der Waals surface area (Å²) in [5.41, 5.74) is 0. The Morgan fingerprint density at radius 2 is 2.00 bits per heavy atom. The second-order valence-electron chi connectivity index (χ2n) is 6.08. The topological polar surface area (TPSA) is 40.1 Å². The number of aliphatic imine (C=N–C) groups is 1. The Balaban J connectivity index is 2.30. The number of rotatable bonds is 10. The van der Waals surface area contributed by atoms with Crippen molar-refractivity contribution in [1.29, 1.82) is 0 Å². The van der Waals surface area contributed by atoms with Gasteiger partial charge >= 0.3 is 0 Å². The smallest absolute Gasteiger partial charge is 0.193 e. The molecule has 1 aliphatic rings. The molecule has 0 amide bonds. The molecule has 1 saturated heterocycles. The van der Waals surface area contributed by atoms with E-state index in [2.05, 4.69) is 42.9 Å². The molecule has 1 N–H and O–H groups in total. The zero-order valence-corrected chi connectivity index (χ0v) is 15.1. The van der Waals surface area contributed by atoms with E-state index in [1.54, 1.807) is 0 Å². The molecule has 22 heavy (non-hydrogen) atoms. The molecule has 1 fully saturated rings. The molecule has 1 aliphatic heterocycles. The van der Waals surface area contributed by atoms with E-state index in [-0.39, 0.29) is 0 Å². The molecule has 0 aliphatic carbocycles. The SMILES string of the molecule is CCNC(=NCCCCN(CC)CC)N(C)CC1CCOC1. The van der Waals surface area contributed by atoms with Crippen LogP contribution in [0.3, 0.4) is 0 Å². The van der Waals surface area contributed by atoms with Crippen molar-refractivity contribution in [3.8, 4) is 0 Å². The molecule has 1 atom stereocenters. The predicted molar refractivity (Wildman–Crippen MR) is 94.6 cm³/mol. The van der Waals surface area contributed by atoms with Gasteiger partial charge in [0.05, 0.1) is 6.61 Å². The van der Waals surface area contributed by atoms with Crippen molar-refractivity contribution < 1.29 is 4.74 Å². The van der Waals surface area contributed by atoms with Crippen LogP contribution < -0.4 is 5.32 Å². The lowest BCUT2D eigenvalue weighted by Gasteiger charge is -2.24. The van der Waals surface area contributed by atoms with Gasteiger partial charge in [-0.1, -0.05) is 13.8 Å². The molecule has 1 heterocycles. The maximum absolute atomic E-state index is 5.46. The molecule has 5 heteroatoms. The van der Waals surface area contributed by atoms with Crippen molar-refractivity contribution in [2.45, 2.75) is 40.0 Å². The Bertz CT molecular complexity index is 299. The van der Waals surface area contributed by atoms with Crippen LogP contribution in [0.15, 0.2) is 4.99 Å². The predicted octanol–water partition coefficient (Wildman–Crippen LogP) is 2.04. The lowest BCUT2D eigenvalue weighted by atomic mass is 10.1. The van der Waals surface area contributed by atoms with Crippen LogP contribution in [0.4, 0.5) is 0 Å². The van der Waals surface area contributed by atoms with E-state index in [0.717, 1.165) is 58.3 Å². The third kappa shape index (κ3) is 7.45. The summed E-state index contributed by atoms with van der Waals surface area (Å²) >= 11 is 0. The number of guanidine groups is 1. The van der Waals surface area contributed by atoms with E-state index in [1.165, 1.54) is 19.4 Å². The van der Waals surface area contributed by atoms with E-state index < -0.39 is 0 Å². The third-order valence-electron chi connectivity index (χ3n) is 4.29. The van der Waals surface area contributed by atoms with Crippen molar-refractivity contribution in [2.75, 3.05) is 59.5 Å². The van der Waals surface area contributed by atoms with Gasteiger partial charge in [-0.2, -0.15) is 0 Å². The van der Waals surface area contributed by atoms with Gasteiger partial charge in [-0.15, -0.1) is 0 Å². The fraction of sp³-hybridized carbons (Fsp3) is 0.941. The molecule has 0 aromatic heterocycles. The fourth-order valence-electron chi connectivity index (χ4n) is 2.84. The molecule has 5 nitrogen and oxygen atoms in total. The fourth-order valence-corrected chi connectivity index (χ4v) is 2.84. The van der Waals surface area contributed by atoms with E-state index in [0.29, 0.717) is 5.92 Å². The molecule has 0 radical (unpaired) electrons. The van der Waals surface area contributed by atoms with Crippen LogP contribution in [0.25, 0.3) is 0 Å². The highest BCUT2D eigenvalue weighted by Crippen LogP contribution is 2.13. The third-order valence-corrected chi connectivity index (χ3v) is 4.29. The second kappa shape index (κ2) is 11.7. The van der Waals surface area contributed by atoms with Crippen molar-refractivity contribution in [2.24, 2.45) is 10.9 Å². The zero-order chi connectivity index (χ0) is 16.2. The molecule has 0 bridgehead atoms. The number of hydrogen-bond acceptors (Lipinski definition) is 3. The molecule has 0 spiro atoms. The second-order valence-corrected chi connectivity index (χ2v) is 6.08. The Kier molecular flexibility index (Phi) is 10.2. The normalized spacial score (nSPS) is 19.0. The standard InChI is InChI=1S/C17H36N4O/c1-5-18-17(20(4)14-16-10-13-22-15-16)19-11-8-9-12-21(6-2)7-3/h16H,5-15H2,1-4H3,(H,18,19). The van der Waals surface area contributed by atoms with Gasteiger partial charge in [0.15, 0.2) is 5.96 Å². The van der Waals surface area contributed by atoms with E-state index in [9.17, 15) is 0 Å². The number of nitrogens with one attached hydrogen (secondary N) is 1. The summed E-state index contributed by atoms with van der Waals surface area (Å²) in [6, 6.07) is 0. The van der Waals surface area contributed by atoms with Crippen LogP contribution in [0, 0.1) is 5.92 Å². The van der Waals surface area contributed by atoms with Crippen LogP contribution in [0.2, 0.25) is 0 Å².